The molecular formula is C24H19NO4S. The molecule has 0 unspecified atom stereocenters. The Morgan fingerprint density at radius 1 is 0.900 bits per heavy atom. The van der Waals surface area contributed by atoms with Crippen molar-refractivity contribution in [1.29, 1.82) is 0 Å². The zero-order valence-corrected chi connectivity index (χ0v) is 16.9. The first kappa shape index (κ1) is 19.7. The molecule has 1 N–H and O–H groups in total. The first-order valence-corrected chi connectivity index (χ1v) is 10.8. The number of hydrogen-bond donors (Lipinski definition) is 1. The van der Waals surface area contributed by atoms with Crippen LogP contribution in [0.15, 0.2) is 106 Å². The normalized spacial score (nSPS) is 11.3. The smallest absolute Gasteiger partial charge is 0.344 e. The second-order valence-corrected chi connectivity index (χ2v) is 8.42. The predicted molar refractivity (Wildman–Crippen MR) is 119 cm³/mol. The lowest BCUT2D eigenvalue weighted by atomic mass is 9.99. The fraction of sp³-hybridized carbons (Fsp3) is 0.0417. The highest BCUT2D eigenvalue weighted by atomic mass is 32.2. The molecule has 0 saturated carbocycles. The molecule has 0 fully saturated rings. The zero-order valence-electron chi connectivity index (χ0n) is 16.0. The monoisotopic (exact) mass is 417 g/mol. The molecule has 4 rings (SSSR count). The minimum Gasteiger partial charge on any atom is -0.422 e. The van der Waals surface area contributed by atoms with Crippen molar-refractivity contribution in [2.45, 2.75) is 11.3 Å². The molecule has 0 radical (unpaired) electrons. The van der Waals surface area contributed by atoms with Crippen LogP contribution in [0.5, 0.6) is 0 Å². The maximum absolute atomic E-state index is 12.6. The molecule has 3 aromatic carbocycles. The van der Waals surface area contributed by atoms with Gasteiger partial charge in [0.2, 0.25) is 0 Å². The molecule has 0 aliphatic heterocycles. The summed E-state index contributed by atoms with van der Waals surface area (Å²) >= 11 is 0. The van der Waals surface area contributed by atoms with Gasteiger partial charge in [0.1, 0.15) is 5.76 Å². The summed E-state index contributed by atoms with van der Waals surface area (Å²) in [6.07, 6.45) is 2.24. The minimum absolute atomic E-state index is 0.167. The lowest BCUT2D eigenvalue weighted by Crippen LogP contribution is -2.12. The molecule has 0 amide bonds. The molecule has 30 heavy (non-hydrogen) atoms. The molecule has 0 atom stereocenters. The van der Waals surface area contributed by atoms with Gasteiger partial charge in [0.15, 0.2) is 0 Å². The zero-order chi connectivity index (χ0) is 21.1. The first-order chi connectivity index (χ1) is 14.5. The van der Waals surface area contributed by atoms with E-state index >= 15 is 0 Å². The van der Waals surface area contributed by atoms with Crippen LogP contribution in [0, 0.1) is 0 Å². The summed E-state index contributed by atoms with van der Waals surface area (Å²) in [5, 5.41) is 1.29. The van der Waals surface area contributed by atoms with Gasteiger partial charge >= 0.3 is 5.63 Å². The van der Waals surface area contributed by atoms with Crippen LogP contribution < -0.4 is 10.3 Å². The number of anilines is 1. The van der Waals surface area contributed by atoms with Gasteiger partial charge in [-0.2, -0.15) is 0 Å². The Morgan fingerprint density at radius 3 is 2.33 bits per heavy atom. The van der Waals surface area contributed by atoms with Crippen LogP contribution in [0.1, 0.15) is 5.56 Å². The van der Waals surface area contributed by atoms with Gasteiger partial charge in [0.25, 0.3) is 10.0 Å². The molecule has 1 aromatic heterocycles. The van der Waals surface area contributed by atoms with Crippen LogP contribution in [0.4, 0.5) is 5.69 Å². The van der Waals surface area contributed by atoms with E-state index in [1.165, 1.54) is 12.1 Å². The Hall–Kier alpha value is -3.64. The largest absolute Gasteiger partial charge is 0.422 e. The van der Waals surface area contributed by atoms with Crippen molar-refractivity contribution >= 4 is 26.5 Å². The molecule has 0 saturated heterocycles. The van der Waals surface area contributed by atoms with E-state index in [2.05, 4.69) is 11.3 Å². The first-order valence-electron chi connectivity index (χ1n) is 9.33. The van der Waals surface area contributed by atoms with Gasteiger partial charge in [-0.3, -0.25) is 4.72 Å². The average Bonchev–Trinajstić information content (AvgIpc) is 2.76. The molecule has 5 nitrogen and oxygen atoms in total. The van der Waals surface area contributed by atoms with Crippen LogP contribution in [-0.4, -0.2) is 8.42 Å². The Morgan fingerprint density at radius 2 is 1.60 bits per heavy atom. The second-order valence-electron chi connectivity index (χ2n) is 6.73. The SMILES string of the molecule is C=CCc1c(-c2cccc(NS(=O)(=O)c3ccccc3)c2)oc(=O)c2ccccc12. The Labute approximate surface area is 174 Å². The van der Waals surface area contributed by atoms with Crippen molar-refractivity contribution in [1.82, 2.24) is 0 Å². The molecule has 1 heterocycles. The van der Waals surface area contributed by atoms with E-state index in [1.54, 1.807) is 60.7 Å². The van der Waals surface area contributed by atoms with Crippen molar-refractivity contribution < 1.29 is 12.8 Å². The number of benzene rings is 3. The fourth-order valence-corrected chi connectivity index (χ4v) is 4.44. The van der Waals surface area contributed by atoms with Crippen LogP contribution in [-0.2, 0) is 16.4 Å². The highest BCUT2D eigenvalue weighted by Crippen LogP contribution is 2.31. The highest BCUT2D eigenvalue weighted by molar-refractivity contribution is 7.92. The summed E-state index contributed by atoms with van der Waals surface area (Å²) in [4.78, 5) is 12.7. The van der Waals surface area contributed by atoms with Crippen LogP contribution >= 0.6 is 0 Å². The van der Waals surface area contributed by atoms with Crippen molar-refractivity contribution in [3.05, 3.63) is 108 Å². The summed E-state index contributed by atoms with van der Waals surface area (Å²) in [6.45, 7) is 3.81. The number of hydrogen-bond acceptors (Lipinski definition) is 4. The molecule has 0 aliphatic carbocycles. The summed E-state index contributed by atoms with van der Waals surface area (Å²) < 4.78 is 33.5. The highest BCUT2D eigenvalue weighted by Gasteiger charge is 2.17. The number of allylic oxidation sites excluding steroid dienone is 1. The van der Waals surface area contributed by atoms with Gasteiger partial charge < -0.3 is 4.42 Å². The standard InChI is InChI=1S/C24H19NO4S/c1-2-9-21-20-14-6-7-15-22(20)24(26)29-23(21)17-10-8-11-18(16-17)25-30(27,28)19-12-4-3-5-13-19/h2-8,10-16,25H,1,9H2. The van der Waals surface area contributed by atoms with Gasteiger partial charge in [-0.05, 0) is 42.1 Å². The van der Waals surface area contributed by atoms with E-state index in [0.29, 0.717) is 28.8 Å². The average molecular weight is 417 g/mol. The second kappa shape index (κ2) is 8.00. The van der Waals surface area contributed by atoms with Crippen LogP contribution in [0.25, 0.3) is 22.1 Å². The van der Waals surface area contributed by atoms with Crippen molar-refractivity contribution in [3.63, 3.8) is 0 Å². The maximum Gasteiger partial charge on any atom is 0.344 e. The topological polar surface area (TPSA) is 76.4 Å². The van der Waals surface area contributed by atoms with E-state index < -0.39 is 15.6 Å². The summed E-state index contributed by atoms with van der Waals surface area (Å²) in [5.74, 6) is 0.402. The number of sulfonamides is 1. The van der Waals surface area contributed by atoms with Gasteiger partial charge in [-0.1, -0.05) is 54.6 Å². The van der Waals surface area contributed by atoms with Crippen LogP contribution in [0.2, 0.25) is 0 Å². The Balaban J connectivity index is 1.81. The van der Waals surface area contributed by atoms with Gasteiger partial charge in [-0.15, -0.1) is 6.58 Å². The van der Waals surface area contributed by atoms with Crippen LogP contribution in [0.3, 0.4) is 0 Å². The van der Waals surface area contributed by atoms with E-state index in [-0.39, 0.29) is 4.90 Å². The quantitative estimate of drug-likeness (QED) is 0.449. The molecule has 0 bridgehead atoms. The van der Waals surface area contributed by atoms with Crippen molar-refractivity contribution in [3.8, 4) is 11.3 Å². The van der Waals surface area contributed by atoms with Gasteiger partial charge in [0.05, 0.1) is 10.3 Å². The summed E-state index contributed by atoms with van der Waals surface area (Å²) in [6, 6.07) is 22.2. The third-order valence-corrected chi connectivity index (χ3v) is 6.12. The van der Waals surface area contributed by atoms with Crippen molar-refractivity contribution in [2.24, 2.45) is 0 Å². The molecule has 0 spiro atoms. The fourth-order valence-electron chi connectivity index (χ4n) is 3.37. The molecule has 6 heteroatoms. The van der Waals surface area contributed by atoms with E-state index in [4.69, 9.17) is 4.42 Å². The third kappa shape index (κ3) is 3.77. The predicted octanol–water partition coefficient (Wildman–Crippen LogP) is 4.99. The van der Waals surface area contributed by atoms with E-state index in [0.717, 1.165) is 10.9 Å². The molecule has 0 aliphatic rings. The number of fused-ring (bicyclic) bond motifs is 1. The maximum atomic E-state index is 12.6. The van der Waals surface area contributed by atoms with Crippen molar-refractivity contribution in [2.75, 3.05) is 4.72 Å². The van der Waals surface area contributed by atoms with Gasteiger partial charge in [-0.25, -0.2) is 13.2 Å². The number of rotatable bonds is 6. The number of nitrogens with one attached hydrogen (secondary N) is 1. The van der Waals surface area contributed by atoms with Gasteiger partial charge in [0, 0.05) is 16.8 Å². The lowest BCUT2D eigenvalue weighted by Gasteiger charge is -2.12. The van der Waals surface area contributed by atoms with E-state index in [9.17, 15) is 13.2 Å². The third-order valence-electron chi connectivity index (χ3n) is 4.72. The minimum atomic E-state index is -3.73. The molecule has 4 aromatic rings. The summed E-state index contributed by atoms with van der Waals surface area (Å²) in [5.41, 5.74) is 1.35. The summed E-state index contributed by atoms with van der Waals surface area (Å²) in [7, 11) is -3.73. The van der Waals surface area contributed by atoms with E-state index in [1.807, 2.05) is 12.1 Å². The molecule has 150 valence electrons. The Bertz CT molecular complexity index is 1390. The Kier molecular flexibility index (Phi) is 5.25. The molecular weight excluding hydrogens is 398 g/mol. The lowest BCUT2D eigenvalue weighted by molar-refractivity contribution is 0.530.